The summed E-state index contributed by atoms with van der Waals surface area (Å²) in [5.41, 5.74) is 1.81. The lowest BCUT2D eigenvalue weighted by Gasteiger charge is -2.35. The average Bonchev–Trinajstić information content (AvgIpc) is 3.27. The van der Waals surface area contributed by atoms with E-state index in [2.05, 4.69) is 15.1 Å². The first-order valence-electron chi connectivity index (χ1n) is 9.29. The predicted molar refractivity (Wildman–Crippen MR) is 105 cm³/mol. The maximum atomic E-state index is 12.4. The molecule has 3 aromatic rings. The summed E-state index contributed by atoms with van der Waals surface area (Å²) in [6.45, 7) is 4.75. The van der Waals surface area contributed by atoms with Crippen LogP contribution in [0.3, 0.4) is 0 Å². The van der Waals surface area contributed by atoms with Crippen molar-refractivity contribution >= 4 is 11.7 Å². The van der Waals surface area contributed by atoms with Gasteiger partial charge in [0.25, 0.3) is 5.91 Å². The molecule has 1 amide bonds. The zero-order valence-electron chi connectivity index (χ0n) is 15.7. The third-order valence-corrected chi connectivity index (χ3v) is 4.73. The van der Waals surface area contributed by atoms with Gasteiger partial charge in [-0.05, 0) is 48.9 Å². The minimum Gasteiger partial charge on any atom is -0.484 e. The Morgan fingerprint density at radius 2 is 1.93 bits per heavy atom. The number of anilines is 1. The number of carbonyl (C=O) groups excluding carboxylic acids is 1. The van der Waals surface area contributed by atoms with Crippen molar-refractivity contribution in [1.29, 1.82) is 0 Å². The number of hydrogen-bond donors (Lipinski definition) is 0. The van der Waals surface area contributed by atoms with Gasteiger partial charge in [-0.1, -0.05) is 12.1 Å². The predicted octanol–water partition coefficient (Wildman–Crippen LogP) is 2.77. The van der Waals surface area contributed by atoms with Gasteiger partial charge in [0.15, 0.2) is 18.2 Å². The Hall–Kier alpha value is -3.35. The molecule has 0 bridgehead atoms. The standard InChI is InChI=1S/C21H22N4O3/c1-16-4-2-5-17(14-16)28-15-21(26)25-11-9-24(10-12-25)20-8-7-18(22-23-20)19-6-3-13-27-19/h2-8,13-14H,9-12,15H2,1H3. The Kier molecular flexibility index (Phi) is 5.23. The van der Waals surface area contributed by atoms with Gasteiger partial charge in [-0.25, -0.2) is 0 Å². The van der Waals surface area contributed by atoms with Crippen LogP contribution in [0.25, 0.3) is 11.5 Å². The van der Waals surface area contributed by atoms with Gasteiger partial charge in [-0.3, -0.25) is 4.79 Å². The molecular weight excluding hydrogens is 356 g/mol. The second-order valence-corrected chi connectivity index (χ2v) is 6.73. The van der Waals surface area contributed by atoms with E-state index in [0.717, 1.165) is 17.1 Å². The molecule has 4 rings (SSSR count). The van der Waals surface area contributed by atoms with E-state index in [9.17, 15) is 4.79 Å². The molecule has 0 atom stereocenters. The van der Waals surface area contributed by atoms with Crippen LogP contribution in [0.5, 0.6) is 5.75 Å². The number of rotatable bonds is 5. The number of aryl methyl sites for hydroxylation is 1. The van der Waals surface area contributed by atoms with Crippen molar-refractivity contribution in [2.75, 3.05) is 37.7 Å². The quantitative estimate of drug-likeness (QED) is 0.680. The molecule has 0 N–H and O–H groups in total. The molecule has 0 saturated carbocycles. The number of piperazine rings is 1. The van der Waals surface area contributed by atoms with E-state index in [0.29, 0.717) is 37.6 Å². The highest BCUT2D eigenvalue weighted by atomic mass is 16.5. The summed E-state index contributed by atoms with van der Waals surface area (Å²) < 4.78 is 11.0. The number of ether oxygens (including phenoxy) is 1. The Morgan fingerprint density at radius 3 is 2.61 bits per heavy atom. The number of amides is 1. The first-order chi connectivity index (χ1) is 13.7. The van der Waals surface area contributed by atoms with Crippen LogP contribution < -0.4 is 9.64 Å². The van der Waals surface area contributed by atoms with Crippen molar-refractivity contribution in [3.8, 4) is 17.2 Å². The maximum Gasteiger partial charge on any atom is 0.260 e. The smallest absolute Gasteiger partial charge is 0.260 e. The van der Waals surface area contributed by atoms with E-state index in [1.54, 1.807) is 6.26 Å². The molecule has 7 heteroatoms. The van der Waals surface area contributed by atoms with Crippen LogP contribution in [0.1, 0.15) is 5.56 Å². The molecule has 2 aromatic heterocycles. The van der Waals surface area contributed by atoms with Crippen molar-refractivity contribution in [2.45, 2.75) is 6.92 Å². The zero-order valence-corrected chi connectivity index (χ0v) is 15.7. The number of hydrogen-bond acceptors (Lipinski definition) is 6. The summed E-state index contributed by atoms with van der Waals surface area (Å²) in [4.78, 5) is 16.4. The second-order valence-electron chi connectivity index (χ2n) is 6.73. The molecule has 0 aliphatic carbocycles. The van der Waals surface area contributed by atoms with E-state index in [1.165, 1.54) is 0 Å². The van der Waals surface area contributed by atoms with Gasteiger partial charge < -0.3 is 19.0 Å². The van der Waals surface area contributed by atoms with Gasteiger partial charge in [-0.15, -0.1) is 10.2 Å². The maximum absolute atomic E-state index is 12.4. The zero-order chi connectivity index (χ0) is 19.3. The lowest BCUT2D eigenvalue weighted by Crippen LogP contribution is -2.50. The van der Waals surface area contributed by atoms with E-state index in [4.69, 9.17) is 9.15 Å². The molecule has 0 spiro atoms. The van der Waals surface area contributed by atoms with Gasteiger partial charge >= 0.3 is 0 Å². The highest BCUT2D eigenvalue weighted by molar-refractivity contribution is 5.78. The molecular formula is C21H22N4O3. The number of benzene rings is 1. The molecule has 1 fully saturated rings. The summed E-state index contributed by atoms with van der Waals surface area (Å²) in [6.07, 6.45) is 1.61. The van der Waals surface area contributed by atoms with Crippen molar-refractivity contribution in [1.82, 2.24) is 15.1 Å². The Bertz CT molecular complexity index is 917. The average molecular weight is 378 g/mol. The molecule has 144 valence electrons. The number of aromatic nitrogens is 2. The lowest BCUT2D eigenvalue weighted by molar-refractivity contribution is -0.133. The summed E-state index contributed by atoms with van der Waals surface area (Å²) in [5, 5.41) is 8.53. The van der Waals surface area contributed by atoms with Gasteiger partial charge in [0.05, 0.1) is 6.26 Å². The molecule has 3 heterocycles. The van der Waals surface area contributed by atoms with Crippen LogP contribution in [0.15, 0.2) is 59.2 Å². The molecule has 0 radical (unpaired) electrons. The third-order valence-electron chi connectivity index (χ3n) is 4.73. The number of furan rings is 1. The van der Waals surface area contributed by atoms with Gasteiger partial charge in [0.2, 0.25) is 0 Å². The molecule has 7 nitrogen and oxygen atoms in total. The highest BCUT2D eigenvalue weighted by Gasteiger charge is 2.22. The Morgan fingerprint density at radius 1 is 1.07 bits per heavy atom. The minimum atomic E-state index is 0.000377. The van der Waals surface area contributed by atoms with Crippen LogP contribution in [0.4, 0.5) is 5.82 Å². The van der Waals surface area contributed by atoms with E-state index in [1.807, 2.05) is 60.4 Å². The molecule has 0 unspecified atom stereocenters. The first kappa shape index (κ1) is 18.0. The first-order valence-corrected chi connectivity index (χ1v) is 9.29. The van der Waals surface area contributed by atoms with Crippen LogP contribution in [0.2, 0.25) is 0 Å². The number of carbonyl (C=O) groups is 1. The van der Waals surface area contributed by atoms with Gasteiger partial charge in [0, 0.05) is 26.2 Å². The van der Waals surface area contributed by atoms with Gasteiger partial charge in [0.1, 0.15) is 11.4 Å². The summed E-state index contributed by atoms with van der Waals surface area (Å²) in [5.74, 6) is 2.22. The Balaban J connectivity index is 1.28. The van der Waals surface area contributed by atoms with Crippen molar-refractivity contribution in [3.05, 3.63) is 60.4 Å². The van der Waals surface area contributed by atoms with Crippen molar-refractivity contribution < 1.29 is 13.9 Å². The van der Waals surface area contributed by atoms with Crippen LogP contribution in [-0.4, -0.2) is 53.8 Å². The highest BCUT2D eigenvalue weighted by Crippen LogP contribution is 2.19. The lowest BCUT2D eigenvalue weighted by atomic mass is 10.2. The molecule has 1 saturated heterocycles. The minimum absolute atomic E-state index is 0.000377. The van der Waals surface area contributed by atoms with Gasteiger partial charge in [-0.2, -0.15) is 0 Å². The Labute approximate surface area is 163 Å². The summed E-state index contributed by atoms with van der Waals surface area (Å²) >= 11 is 0. The van der Waals surface area contributed by atoms with Crippen LogP contribution >= 0.6 is 0 Å². The van der Waals surface area contributed by atoms with E-state index >= 15 is 0 Å². The SMILES string of the molecule is Cc1cccc(OCC(=O)N2CCN(c3ccc(-c4ccco4)nn3)CC2)c1. The second kappa shape index (κ2) is 8.12. The largest absolute Gasteiger partial charge is 0.484 e. The van der Waals surface area contributed by atoms with Crippen LogP contribution in [-0.2, 0) is 4.79 Å². The van der Waals surface area contributed by atoms with E-state index in [-0.39, 0.29) is 12.5 Å². The fourth-order valence-electron chi connectivity index (χ4n) is 3.18. The monoisotopic (exact) mass is 378 g/mol. The summed E-state index contributed by atoms with van der Waals surface area (Å²) in [6, 6.07) is 15.2. The number of nitrogens with zero attached hydrogens (tertiary/aromatic N) is 4. The van der Waals surface area contributed by atoms with E-state index < -0.39 is 0 Å². The molecule has 1 aliphatic rings. The van der Waals surface area contributed by atoms with Crippen molar-refractivity contribution in [2.24, 2.45) is 0 Å². The third kappa shape index (κ3) is 4.14. The van der Waals surface area contributed by atoms with Crippen LogP contribution in [0, 0.1) is 6.92 Å². The molecule has 28 heavy (non-hydrogen) atoms. The fraction of sp³-hybridized carbons (Fsp3) is 0.286. The molecule has 1 aromatic carbocycles. The normalized spacial score (nSPS) is 14.2. The topological polar surface area (TPSA) is 71.7 Å². The summed E-state index contributed by atoms with van der Waals surface area (Å²) in [7, 11) is 0. The fourth-order valence-corrected chi connectivity index (χ4v) is 3.18. The molecule has 1 aliphatic heterocycles. The van der Waals surface area contributed by atoms with Crippen molar-refractivity contribution in [3.63, 3.8) is 0 Å².